The van der Waals surface area contributed by atoms with E-state index in [0.29, 0.717) is 5.78 Å². The Hall–Kier alpha value is -1.12. The quantitative estimate of drug-likeness (QED) is 0.664. The summed E-state index contributed by atoms with van der Waals surface area (Å²) in [6, 6.07) is 0. The van der Waals surface area contributed by atoms with E-state index in [-0.39, 0.29) is 0 Å². The van der Waals surface area contributed by atoms with E-state index in [2.05, 4.69) is 12.3 Å². The Kier molecular flexibility index (Phi) is 12.1. The zero-order valence-corrected chi connectivity index (χ0v) is 8.51. The molecule has 3 heteroatoms. The van der Waals surface area contributed by atoms with Crippen LogP contribution in [0.15, 0.2) is 12.7 Å². The summed E-state index contributed by atoms with van der Waals surface area (Å²) in [4.78, 5) is 20.1. The first kappa shape index (κ1) is 14.4. The topological polar surface area (TPSA) is 60.2 Å². The molecule has 0 saturated heterocycles. The summed E-state index contributed by atoms with van der Waals surface area (Å²) in [5.41, 5.74) is 4.53. The highest BCUT2D eigenvalue weighted by atomic mass is 16.1. The Balaban J connectivity index is 0. The van der Waals surface area contributed by atoms with Crippen LogP contribution >= 0.6 is 0 Å². The van der Waals surface area contributed by atoms with Crippen LogP contribution in [-0.4, -0.2) is 11.7 Å². The molecule has 0 aliphatic heterocycles. The Morgan fingerprint density at radius 3 is 1.69 bits per heavy atom. The van der Waals surface area contributed by atoms with Gasteiger partial charge in [-0.25, -0.2) is 0 Å². The number of carbonyl (C=O) groups excluding carboxylic acids is 2. The van der Waals surface area contributed by atoms with Gasteiger partial charge in [0.2, 0.25) is 5.91 Å². The monoisotopic (exact) mass is 185 g/mol. The van der Waals surface area contributed by atoms with Crippen molar-refractivity contribution in [3.63, 3.8) is 0 Å². The first-order valence-electron chi connectivity index (χ1n) is 4.52. The molecule has 0 unspecified atom stereocenters. The molecule has 0 bridgehead atoms. The molecule has 0 spiro atoms. The van der Waals surface area contributed by atoms with Crippen molar-refractivity contribution in [3.8, 4) is 0 Å². The number of ketones is 1. The van der Waals surface area contributed by atoms with Gasteiger partial charge >= 0.3 is 0 Å². The van der Waals surface area contributed by atoms with Gasteiger partial charge in [-0.1, -0.05) is 20.4 Å². The number of Topliss-reactive ketones (excluding diaryl/α,β-unsaturated/α-hetero) is 1. The van der Waals surface area contributed by atoms with Crippen molar-refractivity contribution < 1.29 is 9.59 Å². The Labute approximate surface area is 80.0 Å². The molecule has 76 valence electrons. The highest BCUT2D eigenvalue weighted by molar-refractivity contribution is 5.84. The van der Waals surface area contributed by atoms with Gasteiger partial charge in [0.25, 0.3) is 0 Å². The molecule has 0 aliphatic rings. The summed E-state index contributed by atoms with van der Waals surface area (Å²) in [5, 5.41) is 0. The molecule has 0 radical (unpaired) electrons. The number of primary amides is 1. The molecule has 0 aromatic rings. The lowest BCUT2D eigenvalue weighted by atomic mass is 10.1. The zero-order chi connectivity index (χ0) is 10.7. The minimum Gasteiger partial charge on any atom is -0.366 e. The maximum Gasteiger partial charge on any atom is 0.240 e. The van der Waals surface area contributed by atoms with Crippen molar-refractivity contribution in [1.82, 2.24) is 0 Å². The maximum absolute atomic E-state index is 10.6. The standard InChI is InChI=1S/C7H14O.C3H5NO/c1-3-5-7(8)6-4-2;1-2-3(4)5/h3-6H2,1-2H3;2H,1H2,(H2,4,5). The molecule has 1 amide bonds. The second kappa shape index (κ2) is 10.9. The molecule has 0 saturated carbocycles. The van der Waals surface area contributed by atoms with E-state index in [4.69, 9.17) is 0 Å². The van der Waals surface area contributed by atoms with Crippen LogP contribution in [0.3, 0.4) is 0 Å². The van der Waals surface area contributed by atoms with Gasteiger partial charge in [-0.2, -0.15) is 0 Å². The van der Waals surface area contributed by atoms with Crippen molar-refractivity contribution in [3.05, 3.63) is 12.7 Å². The highest BCUT2D eigenvalue weighted by Crippen LogP contribution is 1.95. The van der Waals surface area contributed by atoms with E-state index in [1.54, 1.807) is 0 Å². The van der Waals surface area contributed by atoms with E-state index in [9.17, 15) is 9.59 Å². The fraction of sp³-hybridized carbons (Fsp3) is 0.600. The van der Waals surface area contributed by atoms with Crippen LogP contribution in [0.5, 0.6) is 0 Å². The molecule has 0 rings (SSSR count). The summed E-state index contributed by atoms with van der Waals surface area (Å²) >= 11 is 0. The van der Waals surface area contributed by atoms with Crippen molar-refractivity contribution in [1.29, 1.82) is 0 Å². The molecular formula is C10H19NO2. The van der Waals surface area contributed by atoms with E-state index < -0.39 is 5.91 Å². The fourth-order valence-electron chi connectivity index (χ4n) is 0.683. The summed E-state index contributed by atoms with van der Waals surface area (Å²) in [5.74, 6) is -0.0694. The van der Waals surface area contributed by atoms with Crippen molar-refractivity contribution >= 4 is 11.7 Å². The molecule has 3 nitrogen and oxygen atoms in total. The number of rotatable bonds is 5. The van der Waals surface area contributed by atoms with Crippen LogP contribution < -0.4 is 5.73 Å². The molecule has 2 N–H and O–H groups in total. The van der Waals surface area contributed by atoms with Gasteiger partial charge in [0, 0.05) is 12.8 Å². The molecular weight excluding hydrogens is 166 g/mol. The lowest BCUT2D eigenvalue weighted by molar-refractivity contribution is -0.119. The normalized spacial score (nSPS) is 8.15. The Bertz CT molecular complexity index is 156. The molecule has 0 fully saturated rings. The van der Waals surface area contributed by atoms with Crippen LogP contribution in [0.2, 0.25) is 0 Å². The van der Waals surface area contributed by atoms with E-state index in [1.165, 1.54) is 0 Å². The predicted octanol–water partition coefficient (Wildman–Crippen LogP) is 1.81. The Morgan fingerprint density at radius 1 is 1.23 bits per heavy atom. The first-order valence-corrected chi connectivity index (χ1v) is 4.52. The minimum absolute atomic E-state index is 0.412. The van der Waals surface area contributed by atoms with E-state index in [0.717, 1.165) is 31.8 Å². The van der Waals surface area contributed by atoms with Crippen molar-refractivity contribution in [2.75, 3.05) is 0 Å². The smallest absolute Gasteiger partial charge is 0.240 e. The Morgan fingerprint density at radius 2 is 1.54 bits per heavy atom. The van der Waals surface area contributed by atoms with Crippen LogP contribution in [0.4, 0.5) is 0 Å². The molecule has 0 heterocycles. The third-order valence-electron chi connectivity index (χ3n) is 1.26. The molecule has 0 aliphatic carbocycles. The number of amides is 1. The van der Waals surface area contributed by atoms with Gasteiger partial charge in [0.15, 0.2) is 0 Å². The van der Waals surface area contributed by atoms with Crippen molar-refractivity contribution in [2.45, 2.75) is 39.5 Å². The first-order chi connectivity index (χ1) is 6.08. The van der Waals surface area contributed by atoms with Gasteiger partial charge in [0.05, 0.1) is 0 Å². The third kappa shape index (κ3) is 18.1. The summed E-state index contributed by atoms with van der Waals surface area (Å²) < 4.78 is 0. The van der Waals surface area contributed by atoms with Crippen LogP contribution in [0.25, 0.3) is 0 Å². The SMILES string of the molecule is C=CC(N)=O.CCCC(=O)CCC. The van der Waals surface area contributed by atoms with E-state index >= 15 is 0 Å². The number of hydrogen-bond acceptors (Lipinski definition) is 2. The molecule has 0 aromatic carbocycles. The number of hydrogen-bond donors (Lipinski definition) is 1. The zero-order valence-electron chi connectivity index (χ0n) is 8.51. The molecule has 0 atom stereocenters. The van der Waals surface area contributed by atoms with Gasteiger partial charge in [-0.05, 0) is 18.9 Å². The number of carbonyl (C=O) groups is 2. The third-order valence-corrected chi connectivity index (χ3v) is 1.26. The van der Waals surface area contributed by atoms with Crippen LogP contribution in [-0.2, 0) is 9.59 Å². The van der Waals surface area contributed by atoms with E-state index in [1.807, 2.05) is 13.8 Å². The average Bonchev–Trinajstić information content (AvgIpc) is 2.06. The molecule has 0 aromatic heterocycles. The molecule has 13 heavy (non-hydrogen) atoms. The fourth-order valence-corrected chi connectivity index (χ4v) is 0.683. The second-order valence-corrected chi connectivity index (χ2v) is 2.65. The second-order valence-electron chi connectivity index (χ2n) is 2.65. The van der Waals surface area contributed by atoms with Crippen LogP contribution in [0, 0.1) is 0 Å². The van der Waals surface area contributed by atoms with Gasteiger partial charge < -0.3 is 5.73 Å². The van der Waals surface area contributed by atoms with Crippen LogP contribution in [0.1, 0.15) is 39.5 Å². The summed E-state index contributed by atoms with van der Waals surface area (Å²) in [6.07, 6.45) is 4.60. The summed E-state index contributed by atoms with van der Waals surface area (Å²) in [7, 11) is 0. The predicted molar refractivity (Wildman–Crippen MR) is 54.2 cm³/mol. The maximum atomic E-state index is 10.6. The largest absolute Gasteiger partial charge is 0.366 e. The van der Waals surface area contributed by atoms with Crippen molar-refractivity contribution in [2.24, 2.45) is 5.73 Å². The highest BCUT2D eigenvalue weighted by Gasteiger charge is 1.94. The average molecular weight is 185 g/mol. The summed E-state index contributed by atoms with van der Waals surface area (Å²) in [6.45, 7) is 7.16. The minimum atomic E-state index is -0.481. The number of nitrogens with two attached hydrogens (primary N) is 1. The lowest BCUT2D eigenvalue weighted by Crippen LogP contribution is -2.04. The van der Waals surface area contributed by atoms with Gasteiger partial charge in [0.1, 0.15) is 5.78 Å². The van der Waals surface area contributed by atoms with Gasteiger partial charge in [-0.3, -0.25) is 9.59 Å². The van der Waals surface area contributed by atoms with Gasteiger partial charge in [-0.15, -0.1) is 0 Å². The lowest BCUT2D eigenvalue weighted by Gasteiger charge is -1.91.